The van der Waals surface area contributed by atoms with E-state index in [1.54, 1.807) is 4.68 Å². The Morgan fingerprint density at radius 3 is 2.65 bits per heavy atom. The standard InChI is InChI=1S/C14H26N4O2/c1-13(2)3-5-14(20,6-4-13)11-15-9-12-10-18(7-8-19)17-16-12/h10,15,19-20H,3-9,11H2,1-2H3. The third kappa shape index (κ3) is 4.26. The Hall–Kier alpha value is -0.980. The van der Waals surface area contributed by atoms with E-state index in [-0.39, 0.29) is 6.61 Å². The highest BCUT2D eigenvalue weighted by atomic mass is 16.3. The van der Waals surface area contributed by atoms with Gasteiger partial charge in [-0.3, -0.25) is 0 Å². The Morgan fingerprint density at radius 2 is 2.00 bits per heavy atom. The molecule has 0 aromatic carbocycles. The molecular weight excluding hydrogens is 256 g/mol. The van der Waals surface area contributed by atoms with Crippen molar-refractivity contribution in [2.24, 2.45) is 5.41 Å². The fourth-order valence-electron chi connectivity index (χ4n) is 2.62. The topological polar surface area (TPSA) is 83.2 Å². The predicted octanol–water partition coefficient (Wildman–Crippen LogP) is 0.691. The van der Waals surface area contributed by atoms with Gasteiger partial charge < -0.3 is 15.5 Å². The number of hydrogen-bond acceptors (Lipinski definition) is 5. The summed E-state index contributed by atoms with van der Waals surface area (Å²) in [5.41, 5.74) is 0.605. The Balaban J connectivity index is 1.75. The van der Waals surface area contributed by atoms with Crippen LogP contribution in [0.2, 0.25) is 0 Å². The van der Waals surface area contributed by atoms with Crippen LogP contribution in [0.25, 0.3) is 0 Å². The van der Waals surface area contributed by atoms with Crippen LogP contribution in [0.3, 0.4) is 0 Å². The first-order valence-electron chi connectivity index (χ1n) is 7.35. The van der Waals surface area contributed by atoms with Gasteiger partial charge in [-0.1, -0.05) is 19.1 Å². The molecule has 0 amide bonds. The molecule has 0 aliphatic heterocycles. The van der Waals surface area contributed by atoms with Crippen LogP contribution < -0.4 is 5.32 Å². The van der Waals surface area contributed by atoms with Crippen molar-refractivity contribution in [2.45, 2.75) is 58.2 Å². The lowest BCUT2D eigenvalue weighted by Crippen LogP contribution is -2.44. The maximum absolute atomic E-state index is 10.5. The quantitative estimate of drug-likeness (QED) is 0.715. The fourth-order valence-corrected chi connectivity index (χ4v) is 2.62. The van der Waals surface area contributed by atoms with Crippen molar-refractivity contribution in [1.29, 1.82) is 0 Å². The predicted molar refractivity (Wildman–Crippen MR) is 76.0 cm³/mol. The minimum Gasteiger partial charge on any atom is -0.394 e. The molecule has 0 bridgehead atoms. The number of nitrogens with zero attached hydrogens (tertiary/aromatic N) is 3. The zero-order valence-electron chi connectivity index (χ0n) is 12.5. The monoisotopic (exact) mass is 282 g/mol. The molecule has 0 radical (unpaired) electrons. The summed E-state index contributed by atoms with van der Waals surface area (Å²) < 4.78 is 1.62. The molecule has 1 heterocycles. The Bertz CT molecular complexity index is 421. The minimum absolute atomic E-state index is 0.0613. The molecule has 0 saturated heterocycles. The largest absolute Gasteiger partial charge is 0.394 e. The number of hydrogen-bond donors (Lipinski definition) is 3. The molecule has 1 aliphatic rings. The molecule has 20 heavy (non-hydrogen) atoms. The van der Waals surface area contributed by atoms with Gasteiger partial charge >= 0.3 is 0 Å². The van der Waals surface area contributed by atoms with Crippen LogP contribution in [0.5, 0.6) is 0 Å². The van der Waals surface area contributed by atoms with Gasteiger partial charge in [0.05, 0.1) is 24.4 Å². The van der Waals surface area contributed by atoms with Gasteiger partial charge in [0.1, 0.15) is 0 Å². The number of aliphatic hydroxyl groups excluding tert-OH is 1. The summed E-state index contributed by atoms with van der Waals surface area (Å²) in [4.78, 5) is 0. The number of nitrogens with one attached hydrogen (secondary N) is 1. The number of aromatic nitrogens is 3. The first-order valence-corrected chi connectivity index (χ1v) is 7.35. The van der Waals surface area contributed by atoms with Gasteiger partial charge in [-0.2, -0.15) is 0 Å². The minimum atomic E-state index is -0.587. The SMILES string of the molecule is CC1(C)CCC(O)(CNCc2cn(CCO)nn2)CC1. The van der Waals surface area contributed by atoms with Crippen molar-refractivity contribution >= 4 is 0 Å². The van der Waals surface area contributed by atoms with E-state index in [4.69, 9.17) is 5.11 Å². The number of aliphatic hydroxyl groups is 2. The van der Waals surface area contributed by atoms with Gasteiger partial charge in [0.15, 0.2) is 0 Å². The molecule has 2 rings (SSSR count). The smallest absolute Gasteiger partial charge is 0.0964 e. The van der Waals surface area contributed by atoms with E-state index in [0.29, 0.717) is 25.0 Å². The molecule has 1 fully saturated rings. The Kier molecular flexibility index (Phi) is 4.78. The third-order valence-corrected chi connectivity index (χ3v) is 4.21. The molecule has 1 saturated carbocycles. The summed E-state index contributed by atoms with van der Waals surface area (Å²) in [7, 11) is 0. The average molecular weight is 282 g/mol. The normalized spacial score (nSPS) is 21.0. The zero-order chi connectivity index (χ0) is 14.6. The summed E-state index contributed by atoms with van der Waals surface area (Å²) in [6, 6.07) is 0. The molecule has 0 unspecified atom stereocenters. The molecule has 114 valence electrons. The van der Waals surface area contributed by atoms with E-state index in [0.717, 1.165) is 31.4 Å². The molecule has 0 atom stereocenters. The van der Waals surface area contributed by atoms with Crippen LogP contribution in [-0.4, -0.2) is 44.0 Å². The molecule has 1 aromatic rings. The molecule has 3 N–H and O–H groups in total. The summed E-state index contributed by atoms with van der Waals surface area (Å²) >= 11 is 0. The second kappa shape index (κ2) is 6.20. The number of rotatable bonds is 6. The van der Waals surface area contributed by atoms with Crippen molar-refractivity contribution in [1.82, 2.24) is 20.3 Å². The van der Waals surface area contributed by atoms with Crippen molar-refractivity contribution in [3.05, 3.63) is 11.9 Å². The van der Waals surface area contributed by atoms with Gasteiger partial charge in [0.2, 0.25) is 0 Å². The van der Waals surface area contributed by atoms with E-state index in [1.165, 1.54) is 0 Å². The van der Waals surface area contributed by atoms with Crippen molar-refractivity contribution in [3.63, 3.8) is 0 Å². The second-order valence-electron chi connectivity index (χ2n) is 6.69. The van der Waals surface area contributed by atoms with E-state index < -0.39 is 5.60 Å². The van der Waals surface area contributed by atoms with Gasteiger partial charge in [-0.25, -0.2) is 4.68 Å². The highest BCUT2D eigenvalue weighted by Crippen LogP contribution is 2.39. The molecule has 1 aromatic heterocycles. The van der Waals surface area contributed by atoms with Crippen LogP contribution in [0.4, 0.5) is 0 Å². The van der Waals surface area contributed by atoms with Crippen LogP contribution in [0.15, 0.2) is 6.20 Å². The fraction of sp³-hybridized carbons (Fsp3) is 0.857. The summed E-state index contributed by atoms with van der Waals surface area (Å²) in [6.07, 6.45) is 5.65. The lowest BCUT2D eigenvalue weighted by molar-refractivity contribution is -0.0245. The molecule has 6 nitrogen and oxygen atoms in total. The van der Waals surface area contributed by atoms with Gasteiger partial charge in [-0.15, -0.1) is 5.10 Å². The first-order chi connectivity index (χ1) is 9.42. The highest BCUT2D eigenvalue weighted by Gasteiger charge is 2.36. The maximum Gasteiger partial charge on any atom is 0.0964 e. The van der Waals surface area contributed by atoms with Crippen molar-refractivity contribution in [3.8, 4) is 0 Å². The molecular formula is C14H26N4O2. The van der Waals surface area contributed by atoms with Crippen LogP contribution >= 0.6 is 0 Å². The summed E-state index contributed by atoms with van der Waals surface area (Å²) in [5.74, 6) is 0. The average Bonchev–Trinajstić information content (AvgIpc) is 2.82. The molecule has 1 aliphatic carbocycles. The van der Waals surface area contributed by atoms with Gasteiger partial charge in [-0.05, 0) is 31.1 Å². The summed E-state index contributed by atoms with van der Waals surface area (Å²) in [5, 5.41) is 30.5. The van der Waals surface area contributed by atoms with Crippen LogP contribution in [-0.2, 0) is 13.1 Å². The van der Waals surface area contributed by atoms with Crippen molar-refractivity contribution < 1.29 is 10.2 Å². The van der Waals surface area contributed by atoms with Gasteiger partial charge in [0, 0.05) is 19.3 Å². The van der Waals surface area contributed by atoms with E-state index in [9.17, 15) is 5.11 Å². The maximum atomic E-state index is 10.5. The lowest BCUT2D eigenvalue weighted by Gasteiger charge is -2.40. The summed E-state index contributed by atoms with van der Waals surface area (Å²) in [6.45, 7) is 6.24. The zero-order valence-corrected chi connectivity index (χ0v) is 12.5. The van der Waals surface area contributed by atoms with E-state index >= 15 is 0 Å². The second-order valence-corrected chi connectivity index (χ2v) is 6.69. The third-order valence-electron chi connectivity index (χ3n) is 4.21. The van der Waals surface area contributed by atoms with Gasteiger partial charge in [0.25, 0.3) is 0 Å². The molecule has 6 heteroatoms. The Labute approximate surface area is 120 Å². The first kappa shape index (κ1) is 15.4. The van der Waals surface area contributed by atoms with Crippen LogP contribution in [0.1, 0.15) is 45.2 Å². The van der Waals surface area contributed by atoms with Crippen LogP contribution in [0, 0.1) is 5.41 Å². The van der Waals surface area contributed by atoms with E-state index in [2.05, 4.69) is 29.5 Å². The lowest BCUT2D eigenvalue weighted by atomic mass is 9.71. The van der Waals surface area contributed by atoms with E-state index in [1.807, 2.05) is 6.20 Å². The molecule has 0 spiro atoms. The highest BCUT2D eigenvalue weighted by molar-refractivity contribution is 4.94. The Morgan fingerprint density at radius 1 is 1.30 bits per heavy atom. The van der Waals surface area contributed by atoms with Crippen molar-refractivity contribution in [2.75, 3.05) is 13.2 Å².